The minimum Gasteiger partial charge on any atom is -0.494 e. The molecule has 4 aromatic carbocycles. The van der Waals surface area contributed by atoms with Crippen molar-refractivity contribution in [3.63, 3.8) is 0 Å². The second-order valence-corrected chi connectivity index (χ2v) is 15.9. The van der Waals surface area contributed by atoms with Gasteiger partial charge >= 0.3 is 5.97 Å². The molecular weight excluding hydrogens is 739 g/mol. The summed E-state index contributed by atoms with van der Waals surface area (Å²) in [5.74, 6) is 2.65. The third-order valence-electron chi connectivity index (χ3n) is 10.4. The van der Waals surface area contributed by atoms with E-state index in [1.807, 2.05) is 60.7 Å². The zero-order chi connectivity index (χ0) is 41.0. The Morgan fingerprint density at radius 2 is 1.16 bits per heavy atom. The number of thiocarbonyl (C=S) groups is 1. The summed E-state index contributed by atoms with van der Waals surface area (Å²) >= 11 is 5.56. The first-order valence-corrected chi connectivity index (χ1v) is 21.6. The molecule has 6 nitrogen and oxygen atoms in total. The van der Waals surface area contributed by atoms with E-state index in [0.29, 0.717) is 41.6 Å². The number of carbonyl (C=O) groups excluding carboxylic acids is 2. The number of nitrogens with zero attached hydrogens (tertiary/aromatic N) is 1. The lowest BCUT2D eigenvalue weighted by Crippen LogP contribution is -2.09. The smallest absolute Gasteiger partial charge is 0.343 e. The van der Waals surface area contributed by atoms with Gasteiger partial charge in [0.2, 0.25) is 0 Å². The first kappa shape index (κ1) is 44.0. The maximum Gasteiger partial charge on any atom is 0.343 e. The quantitative estimate of drug-likeness (QED) is 0.0191. The van der Waals surface area contributed by atoms with E-state index in [4.69, 9.17) is 26.4 Å². The number of ketones is 1. The van der Waals surface area contributed by atoms with Gasteiger partial charge in [-0.05, 0) is 113 Å². The molecule has 0 amide bonds. The molecular formula is C51H59NO5S. The number of carbonyl (C=O) groups is 2. The van der Waals surface area contributed by atoms with Crippen LogP contribution in [0.5, 0.6) is 23.0 Å². The summed E-state index contributed by atoms with van der Waals surface area (Å²) in [7, 11) is 0. The minimum absolute atomic E-state index is 0.0168. The fraction of sp³-hybridized carbons (Fsp3) is 0.373. The van der Waals surface area contributed by atoms with Crippen LogP contribution >= 0.6 is 12.2 Å². The molecule has 0 aliphatic heterocycles. The van der Waals surface area contributed by atoms with Crippen molar-refractivity contribution in [3.8, 4) is 34.1 Å². The van der Waals surface area contributed by atoms with Crippen molar-refractivity contribution < 1.29 is 23.8 Å². The van der Waals surface area contributed by atoms with Gasteiger partial charge in [0.25, 0.3) is 0 Å². The van der Waals surface area contributed by atoms with E-state index in [-0.39, 0.29) is 12.2 Å². The van der Waals surface area contributed by atoms with Gasteiger partial charge < -0.3 is 14.2 Å². The summed E-state index contributed by atoms with van der Waals surface area (Å²) in [6.45, 7) is 7.34. The van der Waals surface area contributed by atoms with Gasteiger partial charge in [0, 0.05) is 24.1 Å². The van der Waals surface area contributed by atoms with Crippen LogP contribution in [-0.4, -0.2) is 28.2 Å². The fourth-order valence-corrected chi connectivity index (χ4v) is 7.11. The number of aromatic nitrogens is 1. The Morgan fingerprint density at radius 3 is 1.76 bits per heavy atom. The van der Waals surface area contributed by atoms with Crippen LogP contribution in [0.2, 0.25) is 0 Å². The van der Waals surface area contributed by atoms with Gasteiger partial charge in [0.1, 0.15) is 23.0 Å². The van der Waals surface area contributed by atoms with E-state index < -0.39 is 5.97 Å². The van der Waals surface area contributed by atoms with Gasteiger partial charge in [-0.25, -0.2) is 4.79 Å². The number of pyridine rings is 1. The van der Waals surface area contributed by atoms with Crippen LogP contribution in [-0.2, 0) is 12.8 Å². The molecule has 58 heavy (non-hydrogen) atoms. The van der Waals surface area contributed by atoms with E-state index in [9.17, 15) is 9.59 Å². The molecule has 5 rings (SSSR count). The highest BCUT2D eigenvalue weighted by Gasteiger charge is 2.12. The van der Waals surface area contributed by atoms with Gasteiger partial charge in [-0.2, -0.15) is 0 Å². The predicted molar refractivity (Wildman–Crippen MR) is 240 cm³/mol. The van der Waals surface area contributed by atoms with Gasteiger partial charge in [-0.3, -0.25) is 9.78 Å². The lowest BCUT2D eigenvalue weighted by Gasteiger charge is -2.10. The number of ether oxygens (including phenoxy) is 3. The molecule has 0 spiro atoms. The molecule has 0 aliphatic rings. The molecule has 0 saturated carbocycles. The maximum atomic E-state index is 13.1. The standard InChI is InChI=1S/C51H59NO5S/c1-4-6-7-8-9-10-11-12-13-14-33-55-45-26-23-43(24-27-45)51(54)57-47-30-21-42(22-31-47)50(53)35-39-15-17-40(18-16-39)41-19-28-46(29-20-41)56-48-32-25-44(52-37-48)36-49(58)34-38(3)5-2/h15-32,37-38H,4-14,33-36H2,1-3H3. The molecule has 5 aromatic rings. The van der Waals surface area contributed by atoms with E-state index in [1.54, 1.807) is 54.7 Å². The van der Waals surface area contributed by atoms with Crippen molar-refractivity contribution in [2.45, 2.75) is 111 Å². The van der Waals surface area contributed by atoms with E-state index in [1.165, 1.54) is 57.8 Å². The molecule has 1 aromatic heterocycles. The van der Waals surface area contributed by atoms with Crippen molar-refractivity contribution in [1.82, 2.24) is 4.98 Å². The first-order valence-electron chi connectivity index (χ1n) is 21.2. The summed E-state index contributed by atoms with van der Waals surface area (Å²) in [6.07, 6.45) is 17.6. The minimum atomic E-state index is -0.460. The highest BCUT2D eigenvalue weighted by atomic mass is 32.1. The Kier molecular flexibility index (Phi) is 18.1. The van der Waals surface area contributed by atoms with Gasteiger partial charge in [-0.15, -0.1) is 0 Å². The predicted octanol–water partition coefficient (Wildman–Crippen LogP) is 13.8. The number of hydrogen-bond donors (Lipinski definition) is 0. The molecule has 0 bridgehead atoms. The fourth-order valence-electron chi connectivity index (χ4n) is 6.68. The summed E-state index contributed by atoms with van der Waals surface area (Å²) in [6, 6.07) is 33.6. The third kappa shape index (κ3) is 15.0. The van der Waals surface area contributed by atoms with Crippen molar-refractivity contribution >= 4 is 28.8 Å². The van der Waals surface area contributed by atoms with Crippen LogP contribution in [0.15, 0.2) is 115 Å². The Labute approximate surface area is 351 Å². The summed E-state index contributed by atoms with van der Waals surface area (Å²) in [5, 5.41) is 0. The molecule has 0 radical (unpaired) electrons. The van der Waals surface area contributed by atoms with E-state index in [0.717, 1.165) is 58.0 Å². The Hall–Kier alpha value is -5.14. The van der Waals surface area contributed by atoms with Gasteiger partial charge in [0.05, 0.1) is 18.4 Å². The van der Waals surface area contributed by atoms with Crippen LogP contribution in [0.4, 0.5) is 0 Å². The van der Waals surface area contributed by atoms with Crippen LogP contribution in [0, 0.1) is 5.92 Å². The molecule has 1 unspecified atom stereocenters. The largest absolute Gasteiger partial charge is 0.494 e. The van der Waals surface area contributed by atoms with Crippen molar-refractivity contribution in [1.29, 1.82) is 0 Å². The van der Waals surface area contributed by atoms with Gasteiger partial charge in [0.15, 0.2) is 5.78 Å². The van der Waals surface area contributed by atoms with Gasteiger partial charge in [-0.1, -0.05) is 134 Å². The van der Waals surface area contributed by atoms with E-state index in [2.05, 4.69) is 25.8 Å². The van der Waals surface area contributed by atoms with Crippen LogP contribution in [0.3, 0.4) is 0 Å². The number of rotatable bonds is 25. The molecule has 7 heteroatoms. The highest BCUT2D eigenvalue weighted by molar-refractivity contribution is 7.80. The molecule has 0 N–H and O–H groups in total. The van der Waals surface area contributed by atoms with Crippen LogP contribution < -0.4 is 14.2 Å². The molecule has 0 fully saturated rings. The van der Waals surface area contributed by atoms with E-state index >= 15 is 0 Å². The first-order chi connectivity index (χ1) is 28.3. The number of benzene rings is 4. The van der Waals surface area contributed by atoms with Crippen molar-refractivity contribution in [3.05, 3.63) is 138 Å². The van der Waals surface area contributed by atoms with Crippen LogP contribution in [0.1, 0.15) is 130 Å². The zero-order valence-electron chi connectivity index (χ0n) is 34.6. The Bertz CT molecular complexity index is 1990. The third-order valence-corrected chi connectivity index (χ3v) is 10.7. The lowest BCUT2D eigenvalue weighted by molar-refractivity contribution is 0.0734. The average Bonchev–Trinajstić information content (AvgIpc) is 3.24. The zero-order valence-corrected chi connectivity index (χ0v) is 35.4. The number of unbranched alkanes of at least 4 members (excludes halogenated alkanes) is 9. The summed E-state index contributed by atoms with van der Waals surface area (Å²) < 4.78 is 17.5. The second-order valence-electron chi connectivity index (χ2n) is 15.3. The summed E-state index contributed by atoms with van der Waals surface area (Å²) in [4.78, 5) is 31.5. The second kappa shape index (κ2) is 23.9. The normalized spacial score (nSPS) is 11.5. The monoisotopic (exact) mass is 797 g/mol. The number of hydrogen-bond acceptors (Lipinski definition) is 7. The Morgan fingerprint density at radius 1 is 0.603 bits per heavy atom. The molecule has 1 atom stereocenters. The molecule has 0 saturated heterocycles. The Balaban J connectivity index is 1.01. The molecule has 0 aliphatic carbocycles. The highest BCUT2D eigenvalue weighted by Crippen LogP contribution is 2.27. The number of Topliss-reactive ketones (excluding diaryl/α,β-unsaturated/α-hetero) is 1. The van der Waals surface area contributed by atoms with Crippen molar-refractivity contribution in [2.24, 2.45) is 5.92 Å². The van der Waals surface area contributed by atoms with Crippen LogP contribution in [0.25, 0.3) is 11.1 Å². The average molecular weight is 798 g/mol. The molecule has 304 valence electrons. The molecule has 1 heterocycles. The summed E-state index contributed by atoms with van der Waals surface area (Å²) in [5.41, 5.74) is 4.94. The number of esters is 1. The van der Waals surface area contributed by atoms with Crippen molar-refractivity contribution in [2.75, 3.05) is 6.61 Å². The topological polar surface area (TPSA) is 74.7 Å². The maximum absolute atomic E-state index is 13.1. The SMILES string of the molecule is CCCCCCCCCCCCOc1ccc(C(=O)Oc2ccc(C(=O)Cc3ccc(-c4ccc(Oc5ccc(CC(=S)CC(C)CC)nc5)cc4)cc3)cc2)cc1. The lowest BCUT2D eigenvalue weighted by atomic mass is 9.99.